The quantitative estimate of drug-likeness (QED) is 0.894. The lowest BCUT2D eigenvalue weighted by Gasteiger charge is -2.32. The number of nitrogens with one attached hydrogen (secondary N) is 1. The van der Waals surface area contributed by atoms with Gasteiger partial charge in [-0.3, -0.25) is 0 Å². The van der Waals surface area contributed by atoms with Crippen molar-refractivity contribution in [2.24, 2.45) is 5.92 Å². The van der Waals surface area contributed by atoms with Crippen molar-refractivity contribution in [1.29, 1.82) is 0 Å². The smallest absolute Gasteiger partial charge is 0.170 e. The molecule has 0 bridgehead atoms. The van der Waals surface area contributed by atoms with Crippen molar-refractivity contribution in [2.45, 2.75) is 25.4 Å². The first-order chi connectivity index (χ1) is 9.09. The minimum atomic E-state index is -1.57. The summed E-state index contributed by atoms with van der Waals surface area (Å²) in [4.78, 5) is 0. The summed E-state index contributed by atoms with van der Waals surface area (Å²) in [5.41, 5.74) is -1.43. The number of furan rings is 1. The van der Waals surface area contributed by atoms with Gasteiger partial charge in [-0.15, -0.1) is 0 Å². The third kappa shape index (κ3) is 2.14. The minimum absolute atomic E-state index is 0.134. The maximum absolute atomic E-state index is 15.0. The van der Waals surface area contributed by atoms with Crippen LogP contribution in [0.4, 0.5) is 8.78 Å². The second-order valence-corrected chi connectivity index (χ2v) is 5.39. The van der Waals surface area contributed by atoms with E-state index < -0.39 is 11.5 Å². The molecule has 3 rings (SSSR count). The Hall–Kier alpha value is -1.42. The van der Waals surface area contributed by atoms with Gasteiger partial charge in [-0.1, -0.05) is 12.1 Å². The Kier molecular flexibility index (Phi) is 3.05. The highest BCUT2D eigenvalue weighted by Gasteiger charge is 2.39. The first-order valence-electron chi connectivity index (χ1n) is 6.67. The molecule has 1 aliphatic heterocycles. The van der Waals surface area contributed by atoms with Crippen LogP contribution in [0.25, 0.3) is 11.0 Å². The number of piperidine rings is 1. The monoisotopic (exact) mass is 265 g/mol. The highest BCUT2D eigenvalue weighted by molar-refractivity contribution is 5.78. The summed E-state index contributed by atoms with van der Waals surface area (Å²) in [6.45, 7) is 3.09. The third-order valence-corrected chi connectivity index (χ3v) is 4.04. The molecule has 4 heteroatoms. The highest BCUT2D eigenvalue weighted by Crippen LogP contribution is 2.40. The van der Waals surface area contributed by atoms with Gasteiger partial charge in [0.1, 0.15) is 5.76 Å². The second kappa shape index (κ2) is 4.60. The van der Waals surface area contributed by atoms with Crippen molar-refractivity contribution in [1.82, 2.24) is 5.32 Å². The number of benzene rings is 1. The van der Waals surface area contributed by atoms with Gasteiger partial charge in [0.15, 0.2) is 17.1 Å². The molecule has 1 aromatic carbocycles. The summed E-state index contributed by atoms with van der Waals surface area (Å²) in [5.74, 6) is -0.354. The first kappa shape index (κ1) is 12.6. The van der Waals surface area contributed by atoms with Crippen LogP contribution in [-0.2, 0) is 5.67 Å². The van der Waals surface area contributed by atoms with Crippen molar-refractivity contribution in [2.75, 3.05) is 13.1 Å². The maximum atomic E-state index is 15.0. The van der Waals surface area contributed by atoms with Crippen LogP contribution < -0.4 is 5.32 Å². The number of hydrogen-bond acceptors (Lipinski definition) is 2. The number of alkyl halides is 1. The SMILES string of the molecule is CC(F)(c1cc2cccc(F)c2o1)C1CCCNC1. The first-order valence-corrected chi connectivity index (χ1v) is 6.67. The zero-order chi connectivity index (χ0) is 13.5. The van der Waals surface area contributed by atoms with Gasteiger partial charge < -0.3 is 9.73 Å². The molecule has 0 saturated carbocycles. The lowest BCUT2D eigenvalue weighted by molar-refractivity contribution is 0.0589. The zero-order valence-corrected chi connectivity index (χ0v) is 10.9. The van der Waals surface area contributed by atoms with E-state index in [1.807, 2.05) is 0 Å². The summed E-state index contributed by atoms with van der Waals surface area (Å²) in [6, 6.07) is 6.29. The number of halogens is 2. The largest absolute Gasteiger partial charge is 0.455 e. The normalized spacial score (nSPS) is 23.4. The molecule has 1 N–H and O–H groups in total. The predicted molar refractivity (Wildman–Crippen MR) is 70.2 cm³/mol. The molecule has 0 aliphatic carbocycles. The van der Waals surface area contributed by atoms with Gasteiger partial charge in [0, 0.05) is 17.8 Å². The van der Waals surface area contributed by atoms with Crippen molar-refractivity contribution in [3.8, 4) is 0 Å². The van der Waals surface area contributed by atoms with Gasteiger partial charge in [-0.2, -0.15) is 0 Å². The van der Waals surface area contributed by atoms with Gasteiger partial charge in [-0.05, 0) is 38.4 Å². The second-order valence-electron chi connectivity index (χ2n) is 5.39. The molecule has 2 nitrogen and oxygen atoms in total. The average molecular weight is 265 g/mol. The van der Waals surface area contributed by atoms with E-state index in [-0.39, 0.29) is 17.3 Å². The van der Waals surface area contributed by atoms with Crippen LogP contribution in [-0.4, -0.2) is 13.1 Å². The molecule has 1 aliphatic rings. The van der Waals surface area contributed by atoms with Crippen LogP contribution in [0.2, 0.25) is 0 Å². The van der Waals surface area contributed by atoms with E-state index in [0.29, 0.717) is 11.9 Å². The lowest BCUT2D eigenvalue weighted by atomic mass is 9.83. The van der Waals surface area contributed by atoms with Crippen LogP contribution in [0, 0.1) is 11.7 Å². The van der Waals surface area contributed by atoms with Crippen molar-refractivity contribution in [3.05, 3.63) is 35.8 Å². The Morgan fingerprint density at radius 1 is 1.42 bits per heavy atom. The minimum Gasteiger partial charge on any atom is -0.455 e. The van der Waals surface area contributed by atoms with Gasteiger partial charge in [0.2, 0.25) is 0 Å². The van der Waals surface area contributed by atoms with Gasteiger partial charge >= 0.3 is 0 Å². The maximum Gasteiger partial charge on any atom is 0.170 e. The zero-order valence-electron chi connectivity index (χ0n) is 10.9. The molecule has 19 heavy (non-hydrogen) atoms. The summed E-state index contributed by atoms with van der Waals surface area (Å²) in [7, 11) is 0. The summed E-state index contributed by atoms with van der Waals surface area (Å²) >= 11 is 0. The molecule has 102 valence electrons. The Bertz CT molecular complexity index is 585. The number of hydrogen-bond donors (Lipinski definition) is 1. The van der Waals surface area contributed by atoms with Crippen LogP contribution in [0.1, 0.15) is 25.5 Å². The average Bonchev–Trinajstić information content (AvgIpc) is 2.86. The van der Waals surface area contributed by atoms with Crippen LogP contribution in [0.3, 0.4) is 0 Å². The summed E-state index contributed by atoms with van der Waals surface area (Å²) < 4.78 is 34.1. The van der Waals surface area contributed by atoms with Gasteiger partial charge in [0.05, 0.1) is 0 Å². The predicted octanol–water partition coefficient (Wildman–Crippen LogP) is 3.76. The molecule has 1 aromatic heterocycles. The molecule has 1 fully saturated rings. The fourth-order valence-corrected chi connectivity index (χ4v) is 2.78. The molecule has 0 spiro atoms. The third-order valence-electron chi connectivity index (χ3n) is 4.04. The Balaban J connectivity index is 2.00. The van der Waals surface area contributed by atoms with E-state index in [4.69, 9.17) is 4.42 Å². The Morgan fingerprint density at radius 3 is 2.95 bits per heavy atom. The van der Waals surface area contributed by atoms with E-state index in [9.17, 15) is 4.39 Å². The van der Waals surface area contributed by atoms with E-state index in [2.05, 4.69) is 5.32 Å². The fourth-order valence-electron chi connectivity index (χ4n) is 2.78. The molecule has 0 radical (unpaired) electrons. The van der Waals surface area contributed by atoms with Crippen LogP contribution in [0.15, 0.2) is 28.7 Å². The fraction of sp³-hybridized carbons (Fsp3) is 0.467. The molecule has 1 saturated heterocycles. The highest BCUT2D eigenvalue weighted by atomic mass is 19.1. The number of para-hydroxylation sites is 1. The molecule has 0 amide bonds. The van der Waals surface area contributed by atoms with Crippen LogP contribution in [0.5, 0.6) is 0 Å². The van der Waals surface area contributed by atoms with Gasteiger partial charge in [-0.25, -0.2) is 8.78 Å². The Labute approximate surface area is 110 Å². The lowest BCUT2D eigenvalue weighted by Crippen LogP contribution is -2.39. The van der Waals surface area contributed by atoms with E-state index >= 15 is 4.39 Å². The molecule has 2 aromatic rings. The molecular weight excluding hydrogens is 248 g/mol. The van der Waals surface area contributed by atoms with Gasteiger partial charge in [0.25, 0.3) is 0 Å². The molecular formula is C15H17F2NO. The number of fused-ring (bicyclic) bond motifs is 1. The van der Waals surface area contributed by atoms with E-state index in [1.165, 1.54) is 13.0 Å². The van der Waals surface area contributed by atoms with Crippen molar-refractivity contribution >= 4 is 11.0 Å². The van der Waals surface area contributed by atoms with E-state index in [1.54, 1.807) is 18.2 Å². The number of rotatable bonds is 2. The Morgan fingerprint density at radius 2 is 2.26 bits per heavy atom. The summed E-state index contributed by atoms with van der Waals surface area (Å²) in [5, 5.41) is 3.81. The van der Waals surface area contributed by atoms with Crippen molar-refractivity contribution < 1.29 is 13.2 Å². The van der Waals surface area contributed by atoms with E-state index in [0.717, 1.165) is 19.4 Å². The topological polar surface area (TPSA) is 25.2 Å². The summed E-state index contributed by atoms with van der Waals surface area (Å²) in [6.07, 6.45) is 1.78. The van der Waals surface area contributed by atoms with Crippen molar-refractivity contribution in [3.63, 3.8) is 0 Å². The van der Waals surface area contributed by atoms with Crippen LogP contribution >= 0.6 is 0 Å². The molecule has 2 heterocycles. The molecule has 2 unspecified atom stereocenters. The standard InChI is InChI=1S/C15H17F2NO/c1-15(17,11-5-3-7-18-9-11)13-8-10-4-2-6-12(16)14(10)19-13/h2,4,6,8,11,18H,3,5,7,9H2,1H3. The molecule has 2 atom stereocenters.